The maximum absolute atomic E-state index is 11.2. The molecule has 0 saturated carbocycles. The summed E-state index contributed by atoms with van der Waals surface area (Å²) in [5.41, 5.74) is -0.0730. The van der Waals surface area contributed by atoms with Crippen molar-refractivity contribution in [3.8, 4) is 5.75 Å². The molecule has 0 aliphatic heterocycles. The van der Waals surface area contributed by atoms with E-state index in [9.17, 15) is 4.79 Å². The normalized spacial score (nSPS) is 11.6. The molecule has 0 fully saturated rings. The highest BCUT2D eigenvalue weighted by Gasteiger charge is 2.23. The van der Waals surface area contributed by atoms with Crippen LogP contribution in [0.1, 0.15) is 42.2 Å². The molecule has 0 aliphatic rings. The Morgan fingerprint density at radius 1 is 1.39 bits per heavy atom. The lowest BCUT2D eigenvalue weighted by atomic mass is 9.95. The molecule has 0 aliphatic carbocycles. The highest BCUT2D eigenvalue weighted by molar-refractivity contribution is 7.14. The molecule has 1 rings (SSSR count). The summed E-state index contributed by atoms with van der Waals surface area (Å²) in [6.07, 6.45) is 0. The third-order valence-corrected chi connectivity index (χ3v) is 3.85. The van der Waals surface area contributed by atoms with Gasteiger partial charge in [-0.3, -0.25) is 0 Å². The second kappa shape index (κ2) is 6.20. The summed E-state index contributed by atoms with van der Waals surface area (Å²) in [6, 6.07) is 1.82. The molecule has 0 spiro atoms. The topological polar surface area (TPSA) is 55.8 Å². The second-order valence-electron chi connectivity index (χ2n) is 4.90. The number of carbonyl (C=O) groups is 1. The van der Waals surface area contributed by atoms with E-state index in [0.717, 1.165) is 4.88 Å². The van der Waals surface area contributed by atoms with Crippen molar-refractivity contribution in [1.82, 2.24) is 0 Å². The Hall–Kier alpha value is -1.07. The van der Waals surface area contributed by atoms with Gasteiger partial charge in [-0.1, -0.05) is 20.8 Å². The van der Waals surface area contributed by atoms with Crippen molar-refractivity contribution < 1.29 is 19.4 Å². The quantitative estimate of drug-likeness (QED) is 0.808. The smallest absolute Gasteiger partial charge is 0.349 e. The van der Waals surface area contributed by atoms with E-state index in [1.54, 1.807) is 0 Å². The number of carboxylic acid groups (broad SMARTS) is 1. The minimum Gasteiger partial charge on any atom is -0.489 e. The molecule has 0 amide bonds. The van der Waals surface area contributed by atoms with Gasteiger partial charge in [-0.05, 0) is 18.4 Å². The Balaban J connectivity index is 2.82. The molecule has 0 radical (unpaired) electrons. The summed E-state index contributed by atoms with van der Waals surface area (Å²) in [4.78, 5) is 12.4. The van der Waals surface area contributed by atoms with Crippen LogP contribution in [0.15, 0.2) is 6.07 Å². The minimum atomic E-state index is -0.943. The highest BCUT2D eigenvalue weighted by atomic mass is 32.1. The molecule has 0 atom stereocenters. The maximum atomic E-state index is 11.2. The summed E-state index contributed by atoms with van der Waals surface area (Å²) < 4.78 is 10.6. The third-order valence-electron chi connectivity index (χ3n) is 2.32. The van der Waals surface area contributed by atoms with Crippen LogP contribution in [-0.4, -0.2) is 30.9 Å². The van der Waals surface area contributed by atoms with E-state index < -0.39 is 5.97 Å². The molecule has 0 unspecified atom stereocenters. The van der Waals surface area contributed by atoms with Gasteiger partial charge in [0.1, 0.15) is 12.4 Å². The first-order chi connectivity index (χ1) is 8.36. The fourth-order valence-corrected chi connectivity index (χ4v) is 2.35. The molecule has 1 aromatic heterocycles. The second-order valence-corrected chi connectivity index (χ2v) is 5.96. The monoisotopic (exact) mass is 272 g/mol. The zero-order valence-corrected chi connectivity index (χ0v) is 12.1. The van der Waals surface area contributed by atoms with Crippen molar-refractivity contribution in [2.45, 2.75) is 33.1 Å². The van der Waals surface area contributed by atoms with Crippen molar-refractivity contribution in [1.29, 1.82) is 0 Å². The lowest BCUT2D eigenvalue weighted by molar-refractivity contribution is 0.0693. The van der Waals surface area contributed by atoms with Crippen LogP contribution in [0.5, 0.6) is 5.75 Å². The van der Waals surface area contributed by atoms with Gasteiger partial charge in [0.05, 0.1) is 6.61 Å². The summed E-state index contributed by atoms with van der Waals surface area (Å²) in [5, 5.41) is 9.15. The van der Waals surface area contributed by atoms with Crippen molar-refractivity contribution >= 4 is 17.3 Å². The zero-order chi connectivity index (χ0) is 13.8. The van der Waals surface area contributed by atoms with Gasteiger partial charge >= 0.3 is 5.97 Å². The summed E-state index contributed by atoms with van der Waals surface area (Å²) >= 11 is 1.27. The summed E-state index contributed by atoms with van der Waals surface area (Å²) in [7, 11) is 0. The fourth-order valence-electron chi connectivity index (χ4n) is 1.36. The predicted octanol–water partition coefficient (Wildman–Crippen LogP) is 3.16. The summed E-state index contributed by atoms with van der Waals surface area (Å²) in [6.45, 7) is 9.53. The maximum Gasteiger partial charge on any atom is 0.349 e. The number of thiophene rings is 1. The molecule has 0 bridgehead atoms. The van der Waals surface area contributed by atoms with Crippen molar-refractivity contribution in [3.63, 3.8) is 0 Å². The lowest BCUT2D eigenvalue weighted by Gasteiger charge is -2.14. The first-order valence-electron chi connectivity index (χ1n) is 5.94. The Bertz CT molecular complexity index is 404. The van der Waals surface area contributed by atoms with Crippen LogP contribution in [0.2, 0.25) is 0 Å². The molecule has 0 aromatic carbocycles. The Morgan fingerprint density at radius 3 is 2.56 bits per heavy atom. The predicted molar refractivity (Wildman–Crippen MR) is 72.0 cm³/mol. The molecule has 5 heteroatoms. The number of aromatic carboxylic acids is 1. The Kier molecular flexibility index (Phi) is 5.16. The van der Waals surface area contributed by atoms with Crippen molar-refractivity contribution in [3.05, 3.63) is 15.8 Å². The molecule has 0 saturated heterocycles. The van der Waals surface area contributed by atoms with E-state index in [-0.39, 0.29) is 10.3 Å². The van der Waals surface area contributed by atoms with E-state index in [0.29, 0.717) is 25.6 Å². The van der Waals surface area contributed by atoms with Gasteiger partial charge in [-0.25, -0.2) is 4.79 Å². The van der Waals surface area contributed by atoms with Gasteiger partial charge < -0.3 is 14.6 Å². The molecule has 102 valence electrons. The average molecular weight is 272 g/mol. The largest absolute Gasteiger partial charge is 0.489 e. The van der Waals surface area contributed by atoms with Gasteiger partial charge in [-0.2, -0.15) is 0 Å². The third kappa shape index (κ3) is 3.99. The minimum absolute atomic E-state index is 0.0730. The Morgan fingerprint density at radius 2 is 2.06 bits per heavy atom. The number of rotatable bonds is 6. The van der Waals surface area contributed by atoms with Crippen LogP contribution >= 0.6 is 11.3 Å². The fraction of sp³-hybridized carbons (Fsp3) is 0.615. The lowest BCUT2D eigenvalue weighted by Crippen LogP contribution is -2.08. The van der Waals surface area contributed by atoms with E-state index in [2.05, 4.69) is 20.8 Å². The molecule has 4 nitrogen and oxygen atoms in total. The average Bonchev–Trinajstić information content (AvgIpc) is 2.68. The van der Waals surface area contributed by atoms with Crippen LogP contribution in [-0.2, 0) is 10.2 Å². The van der Waals surface area contributed by atoms with E-state index in [4.69, 9.17) is 14.6 Å². The summed E-state index contributed by atoms with van der Waals surface area (Å²) in [5.74, 6) is -0.501. The van der Waals surface area contributed by atoms with Gasteiger partial charge in [0.25, 0.3) is 0 Å². The van der Waals surface area contributed by atoms with Gasteiger partial charge in [0.2, 0.25) is 0 Å². The molecule has 18 heavy (non-hydrogen) atoms. The van der Waals surface area contributed by atoms with Crippen molar-refractivity contribution in [2.75, 3.05) is 19.8 Å². The standard InChI is InChI=1S/C13H20O4S/c1-5-16-6-7-17-9-8-10(13(2,3)4)18-11(9)12(14)15/h8H,5-7H2,1-4H3,(H,14,15). The van der Waals surface area contributed by atoms with E-state index in [1.807, 2.05) is 13.0 Å². The first-order valence-corrected chi connectivity index (χ1v) is 6.76. The van der Waals surface area contributed by atoms with Gasteiger partial charge in [-0.15, -0.1) is 11.3 Å². The molecule has 1 heterocycles. The van der Waals surface area contributed by atoms with Crippen LogP contribution in [0.3, 0.4) is 0 Å². The van der Waals surface area contributed by atoms with Crippen LogP contribution in [0, 0.1) is 0 Å². The van der Waals surface area contributed by atoms with Gasteiger partial charge in [0, 0.05) is 11.5 Å². The molecular formula is C13H20O4S. The number of hydrogen-bond donors (Lipinski definition) is 1. The zero-order valence-electron chi connectivity index (χ0n) is 11.3. The molecule has 1 aromatic rings. The van der Waals surface area contributed by atoms with Crippen molar-refractivity contribution in [2.24, 2.45) is 0 Å². The number of ether oxygens (including phenoxy) is 2. The first kappa shape index (κ1) is 15.0. The van der Waals surface area contributed by atoms with Crippen LogP contribution < -0.4 is 4.74 Å². The molecule has 1 N–H and O–H groups in total. The molecular weight excluding hydrogens is 252 g/mol. The van der Waals surface area contributed by atoms with Crippen LogP contribution in [0.25, 0.3) is 0 Å². The van der Waals surface area contributed by atoms with Gasteiger partial charge in [0.15, 0.2) is 4.88 Å². The van der Waals surface area contributed by atoms with Crippen LogP contribution in [0.4, 0.5) is 0 Å². The highest BCUT2D eigenvalue weighted by Crippen LogP contribution is 2.36. The Labute approximate surface area is 112 Å². The number of hydrogen-bond acceptors (Lipinski definition) is 4. The van der Waals surface area contributed by atoms with E-state index in [1.165, 1.54) is 11.3 Å². The number of carboxylic acids is 1. The SMILES string of the molecule is CCOCCOc1cc(C(C)(C)C)sc1C(=O)O. The van der Waals surface area contributed by atoms with E-state index >= 15 is 0 Å².